The summed E-state index contributed by atoms with van der Waals surface area (Å²) >= 11 is 3.23. The fourth-order valence-corrected chi connectivity index (χ4v) is 5.05. The van der Waals surface area contributed by atoms with Gasteiger partial charge in [0.15, 0.2) is 11.6 Å². The minimum atomic E-state index is -0.0679. The summed E-state index contributed by atoms with van der Waals surface area (Å²) in [6.07, 6.45) is 2.14. The maximum absolute atomic E-state index is 13.5. The number of Topliss-reactive ketones (excluding diaryl/α,β-unsaturated/α-hetero) is 1. The molecule has 29 heavy (non-hydrogen) atoms. The number of fused-ring (bicyclic) bond motifs is 2. The molecule has 2 aromatic carbocycles. The van der Waals surface area contributed by atoms with Gasteiger partial charge in [-0.2, -0.15) is 0 Å². The van der Waals surface area contributed by atoms with Crippen molar-refractivity contribution in [2.45, 2.75) is 59.8 Å². The fraction of sp³-hybridized carbons (Fsp3) is 0.400. The van der Waals surface area contributed by atoms with Gasteiger partial charge in [0, 0.05) is 28.7 Å². The van der Waals surface area contributed by atoms with E-state index in [1.807, 2.05) is 45.9 Å². The molecule has 152 valence electrons. The summed E-state index contributed by atoms with van der Waals surface area (Å²) in [5.74, 6) is 0.244. The van der Waals surface area contributed by atoms with Crippen LogP contribution >= 0.6 is 15.9 Å². The second-order valence-corrected chi connectivity index (χ2v) is 8.69. The van der Waals surface area contributed by atoms with Gasteiger partial charge in [-0.3, -0.25) is 14.4 Å². The largest absolute Gasteiger partial charge is 0.299 e. The lowest BCUT2D eigenvalue weighted by atomic mass is 9.75. The molecule has 0 amide bonds. The van der Waals surface area contributed by atoms with Crippen LogP contribution in [-0.4, -0.2) is 22.7 Å². The lowest BCUT2D eigenvalue weighted by Crippen LogP contribution is -2.25. The van der Waals surface area contributed by atoms with Gasteiger partial charge in [0.2, 0.25) is 0 Å². The van der Waals surface area contributed by atoms with Crippen molar-refractivity contribution < 1.29 is 14.4 Å². The number of carbonyl (C=O) groups is 3. The van der Waals surface area contributed by atoms with Gasteiger partial charge in [-0.25, -0.2) is 0 Å². The van der Waals surface area contributed by atoms with E-state index in [4.69, 9.17) is 0 Å². The summed E-state index contributed by atoms with van der Waals surface area (Å²) in [5, 5.41) is 0.369. The zero-order valence-electron chi connectivity index (χ0n) is 17.7. The predicted octanol–water partition coefficient (Wildman–Crippen LogP) is 5.93. The number of hydrogen-bond donors (Lipinski definition) is 0. The first-order chi connectivity index (χ1) is 13.7. The standard InChI is InChI=1S/C25H27BrO3/c1-6-17(7-8-18(27)12-26)21-15(4)11-20-23(16(21)5)25(29)22-14(3)9-13(2)10-19(22)24(20)28/h9-11,17H,6-8,12H2,1-5H3. The number of halogens is 1. The van der Waals surface area contributed by atoms with Crippen molar-refractivity contribution >= 4 is 33.3 Å². The third-order valence-electron chi connectivity index (χ3n) is 6.08. The Balaban J connectivity index is 2.16. The van der Waals surface area contributed by atoms with Gasteiger partial charge >= 0.3 is 0 Å². The Labute approximate surface area is 181 Å². The first-order valence-corrected chi connectivity index (χ1v) is 11.3. The highest BCUT2D eigenvalue weighted by atomic mass is 79.9. The van der Waals surface area contributed by atoms with Crippen LogP contribution in [0.15, 0.2) is 18.2 Å². The van der Waals surface area contributed by atoms with Crippen LogP contribution in [0.5, 0.6) is 0 Å². The maximum atomic E-state index is 13.5. The van der Waals surface area contributed by atoms with Crippen molar-refractivity contribution in [3.8, 4) is 0 Å². The van der Waals surface area contributed by atoms with E-state index in [1.165, 1.54) is 0 Å². The average Bonchev–Trinajstić information content (AvgIpc) is 2.67. The molecule has 1 aliphatic rings. The van der Waals surface area contributed by atoms with Gasteiger partial charge in [0.05, 0.1) is 5.33 Å². The summed E-state index contributed by atoms with van der Waals surface area (Å²) in [6, 6.07) is 5.67. The summed E-state index contributed by atoms with van der Waals surface area (Å²) in [6.45, 7) is 9.91. The molecule has 0 bridgehead atoms. The Morgan fingerprint density at radius 1 is 0.931 bits per heavy atom. The highest BCUT2D eigenvalue weighted by Crippen LogP contribution is 2.38. The zero-order chi connectivity index (χ0) is 21.5. The van der Waals surface area contributed by atoms with Gasteiger partial charge in [0.25, 0.3) is 0 Å². The number of hydrogen-bond acceptors (Lipinski definition) is 3. The molecule has 0 aliphatic heterocycles. The Morgan fingerprint density at radius 2 is 1.59 bits per heavy atom. The minimum absolute atomic E-state index is 0.0581. The molecule has 1 aliphatic carbocycles. The molecule has 1 atom stereocenters. The molecule has 0 fully saturated rings. The van der Waals surface area contributed by atoms with E-state index in [2.05, 4.69) is 22.9 Å². The number of alkyl halides is 1. The van der Waals surface area contributed by atoms with Gasteiger partial charge < -0.3 is 0 Å². The van der Waals surface area contributed by atoms with Crippen LogP contribution in [0.25, 0.3) is 0 Å². The number of carbonyl (C=O) groups excluding carboxylic acids is 3. The lowest BCUT2D eigenvalue weighted by molar-refractivity contribution is -0.116. The van der Waals surface area contributed by atoms with Crippen LogP contribution in [0.2, 0.25) is 0 Å². The predicted molar refractivity (Wildman–Crippen MR) is 120 cm³/mol. The fourth-order valence-electron chi connectivity index (χ4n) is 4.77. The summed E-state index contributed by atoms with van der Waals surface area (Å²) in [7, 11) is 0. The monoisotopic (exact) mass is 454 g/mol. The molecule has 0 saturated carbocycles. The molecule has 1 unspecified atom stereocenters. The third-order valence-corrected chi connectivity index (χ3v) is 6.70. The van der Waals surface area contributed by atoms with Crippen molar-refractivity contribution in [2.24, 2.45) is 0 Å². The van der Waals surface area contributed by atoms with Gasteiger partial charge in [0.1, 0.15) is 5.78 Å². The topological polar surface area (TPSA) is 51.2 Å². The van der Waals surface area contributed by atoms with Crippen molar-refractivity contribution in [3.05, 3.63) is 68.3 Å². The van der Waals surface area contributed by atoms with E-state index in [0.717, 1.165) is 40.7 Å². The van der Waals surface area contributed by atoms with Crippen LogP contribution in [0.4, 0.5) is 0 Å². The van der Waals surface area contributed by atoms with Gasteiger partial charge in [-0.05, 0) is 80.8 Å². The van der Waals surface area contributed by atoms with Gasteiger partial charge in [-0.1, -0.05) is 34.5 Å². The van der Waals surface area contributed by atoms with E-state index in [0.29, 0.717) is 34.0 Å². The smallest absolute Gasteiger partial charge is 0.195 e. The van der Waals surface area contributed by atoms with Crippen molar-refractivity contribution in [2.75, 3.05) is 5.33 Å². The van der Waals surface area contributed by atoms with Crippen molar-refractivity contribution in [3.63, 3.8) is 0 Å². The molecule has 0 saturated heterocycles. The van der Waals surface area contributed by atoms with Crippen LogP contribution in [0.1, 0.15) is 91.8 Å². The molecule has 0 aromatic heterocycles. The number of rotatable bonds is 6. The molecule has 0 N–H and O–H groups in total. The zero-order valence-corrected chi connectivity index (χ0v) is 19.3. The normalized spacial score (nSPS) is 13.9. The second-order valence-electron chi connectivity index (χ2n) is 8.13. The second kappa shape index (κ2) is 8.35. The number of benzene rings is 2. The average molecular weight is 455 g/mol. The van der Waals surface area contributed by atoms with Crippen LogP contribution in [0, 0.1) is 27.7 Å². The summed E-state index contributed by atoms with van der Waals surface area (Å²) < 4.78 is 0. The highest BCUT2D eigenvalue weighted by molar-refractivity contribution is 9.09. The van der Waals surface area contributed by atoms with E-state index in [-0.39, 0.29) is 23.3 Å². The molecule has 4 heteroatoms. The van der Waals surface area contributed by atoms with Gasteiger partial charge in [-0.15, -0.1) is 0 Å². The highest BCUT2D eigenvalue weighted by Gasteiger charge is 2.34. The molecule has 3 rings (SSSR count). The molecular formula is C25H27BrO3. The SMILES string of the molecule is CCC(CCC(=O)CBr)c1c(C)cc2c(c1C)C(=O)c1c(C)cc(C)cc1C2=O. The lowest BCUT2D eigenvalue weighted by Gasteiger charge is -2.27. The molecule has 0 radical (unpaired) electrons. The molecule has 3 nitrogen and oxygen atoms in total. The van der Waals surface area contributed by atoms with Crippen molar-refractivity contribution in [1.29, 1.82) is 0 Å². The Hall–Kier alpha value is -2.07. The van der Waals surface area contributed by atoms with E-state index in [1.54, 1.807) is 0 Å². The Morgan fingerprint density at radius 3 is 2.21 bits per heavy atom. The van der Waals surface area contributed by atoms with E-state index >= 15 is 0 Å². The van der Waals surface area contributed by atoms with Crippen LogP contribution in [0.3, 0.4) is 0 Å². The quantitative estimate of drug-likeness (QED) is 0.433. The first-order valence-electron chi connectivity index (χ1n) is 10.1. The molecular weight excluding hydrogens is 428 g/mol. The van der Waals surface area contributed by atoms with Crippen LogP contribution < -0.4 is 0 Å². The number of aryl methyl sites for hydroxylation is 3. The molecule has 0 spiro atoms. The maximum Gasteiger partial charge on any atom is 0.195 e. The Kier molecular flexibility index (Phi) is 6.23. The first kappa shape index (κ1) is 21.6. The number of ketones is 3. The van der Waals surface area contributed by atoms with E-state index < -0.39 is 0 Å². The molecule has 2 aromatic rings. The minimum Gasteiger partial charge on any atom is -0.299 e. The summed E-state index contributed by atoms with van der Waals surface area (Å²) in [5.41, 5.74) is 6.96. The third kappa shape index (κ3) is 3.75. The van der Waals surface area contributed by atoms with Crippen molar-refractivity contribution in [1.82, 2.24) is 0 Å². The summed E-state index contributed by atoms with van der Waals surface area (Å²) in [4.78, 5) is 38.6. The van der Waals surface area contributed by atoms with Crippen LogP contribution in [-0.2, 0) is 4.79 Å². The molecule has 0 heterocycles. The Bertz CT molecular complexity index is 1030. The van der Waals surface area contributed by atoms with E-state index in [9.17, 15) is 14.4 Å².